The van der Waals surface area contributed by atoms with Crippen LogP contribution in [0.3, 0.4) is 0 Å². The van der Waals surface area contributed by atoms with E-state index in [0.717, 1.165) is 36.7 Å². The Labute approximate surface area is 184 Å². The Kier molecular flexibility index (Phi) is 4.04. The highest BCUT2D eigenvalue weighted by atomic mass is 35.5. The lowest BCUT2D eigenvalue weighted by Gasteiger charge is -2.35. The third-order valence-electron chi connectivity index (χ3n) is 6.97. The molecule has 2 fully saturated rings. The summed E-state index contributed by atoms with van der Waals surface area (Å²) in [6.45, 7) is 2.77. The van der Waals surface area contributed by atoms with Crippen LogP contribution in [0.1, 0.15) is 31.7 Å². The summed E-state index contributed by atoms with van der Waals surface area (Å²) in [4.78, 5) is 22.1. The van der Waals surface area contributed by atoms with Crippen LogP contribution in [-0.4, -0.2) is 68.2 Å². The van der Waals surface area contributed by atoms with Crippen molar-refractivity contribution in [3.8, 4) is 0 Å². The number of aliphatic imine (C=N–C) groups is 1. The molecule has 4 aliphatic heterocycles. The molecule has 160 valence electrons. The summed E-state index contributed by atoms with van der Waals surface area (Å²) in [5, 5.41) is 14.5. The molecule has 2 aromatic rings. The van der Waals surface area contributed by atoms with Gasteiger partial charge in [-0.05, 0) is 38.3 Å². The molecular formula is C21H23ClN8O. The SMILES string of the molecule is CCn1cc2c(Cl)c(C3=NN=C4N=C(N5[C@H]6CC[C@@H]5[C@H](N)C6)N(C)C(=O)C43)ccc2n1. The Balaban J connectivity index is 1.37. The quantitative estimate of drug-likeness (QED) is 0.772. The molecule has 1 amide bonds. The average Bonchev–Trinajstić information content (AvgIpc) is 3.52. The summed E-state index contributed by atoms with van der Waals surface area (Å²) in [6, 6.07) is 4.44. The second kappa shape index (κ2) is 6.61. The molecule has 9 nitrogen and oxygen atoms in total. The van der Waals surface area contributed by atoms with E-state index >= 15 is 0 Å². The molecule has 1 aromatic carbocycles. The minimum atomic E-state index is -0.654. The zero-order valence-electron chi connectivity index (χ0n) is 17.4. The van der Waals surface area contributed by atoms with Crippen LogP contribution in [0, 0.1) is 5.92 Å². The number of amides is 1. The lowest BCUT2D eigenvalue weighted by atomic mass is 9.93. The minimum Gasteiger partial charge on any atom is -0.335 e. The zero-order valence-corrected chi connectivity index (χ0v) is 18.1. The fourth-order valence-electron chi connectivity index (χ4n) is 5.38. The summed E-state index contributed by atoms with van der Waals surface area (Å²) in [5.74, 6) is 0.315. The highest BCUT2D eigenvalue weighted by Gasteiger charge is 2.51. The number of aryl methyl sites for hydroxylation is 1. The number of aromatic nitrogens is 2. The molecule has 1 unspecified atom stereocenters. The summed E-state index contributed by atoms with van der Waals surface area (Å²) in [7, 11) is 1.77. The maximum atomic E-state index is 13.5. The number of benzene rings is 1. The number of carbonyl (C=O) groups is 1. The van der Waals surface area contributed by atoms with Gasteiger partial charge in [-0.2, -0.15) is 15.2 Å². The number of nitrogens with zero attached hydrogens (tertiary/aromatic N) is 7. The van der Waals surface area contributed by atoms with Crippen molar-refractivity contribution < 1.29 is 4.79 Å². The van der Waals surface area contributed by atoms with Crippen molar-refractivity contribution in [3.05, 3.63) is 28.9 Å². The number of guanidine groups is 1. The second-order valence-electron chi connectivity index (χ2n) is 8.64. The normalized spacial score (nSPS) is 29.5. The molecule has 31 heavy (non-hydrogen) atoms. The number of amidine groups is 1. The van der Waals surface area contributed by atoms with Gasteiger partial charge in [0.05, 0.1) is 16.3 Å². The fraction of sp³-hybridized carbons (Fsp3) is 0.476. The van der Waals surface area contributed by atoms with Crippen LogP contribution in [0.4, 0.5) is 0 Å². The molecule has 4 aliphatic rings. The molecule has 2 bridgehead atoms. The van der Waals surface area contributed by atoms with Crippen molar-refractivity contribution in [3.63, 3.8) is 0 Å². The Morgan fingerprint density at radius 2 is 2.10 bits per heavy atom. The molecule has 0 saturated carbocycles. The van der Waals surface area contributed by atoms with E-state index in [2.05, 4.69) is 20.2 Å². The van der Waals surface area contributed by atoms with Gasteiger partial charge in [-0.15, -0.1) is 5.10 Å². The molecule has 2 N–H and O–H groups in total. The molecule has 0 radical (unpaired) electrons. The molecule has 0 aliphatic carbocycles. The Morgan fingerprint density at radius 3 is 2.81 bits per heavy atom. The van der Waals surface area contributed by atoms with Crippen LogP contribution in [0.2, 0.25) is 5.02 Å². The van der Waals surface area contributed by atoms with Crippen LogP contribution in [-0.2, 0) is 11.3 Å². The van der Waals surface area contributed by atoms with E-state index in [1.807, 2.05) is 29.9 Å². The summed E-state index contributed by atoms with van der Waals surface area (Å²) >= 11 is 6.73. The lowest BCUT2D eigenvalue weighted by Crippen LogP contribution is -2.55. The van der Waals surface area contributed by atoms with Gasteiger partial charge < -0.3 is 10.6 Å². The molecule has 0 spiro atoms. The summed E-state index contributed by atoms with van der Waals surface area (Å²) in [5.41, 5.74) is 8.34. The van der Waals surface area contributed by atoms with Gasteiger partial charge in [-0.1, -0.05) is 11.6 Å². The molecule has 1 aromatic heterocycles. The van der Waals surface area contributed by atoms with Crippen LogP contribution >= 0.6 is 11.6 Å². The van der Waals surface area contributed by atoms with Gasteiger partial charge in [-0.25, -0.2) is 0 Å². The maximum Gasteiger partial charge on any atom is 0.246 e. The van der Waals surface area contributed by atoms with Crippen molar-refractivity contribution >= 4 is 45.9 Å². The van der Waals surface area contributed by atoms with Crippen molar-refractivity contribution in [1.29, 1.82) is 0 Å². The first-order valence-corrected chi connectivity index (χ1v) is 11.1. The van der Waals surface area contributed by atoms with Crippen molar-refractivity contribution in [2.24, 2.45) is 26.8 Å². The lowest BCUT2D eigenvalue weighted by molar-refractivity contribution is -0.127. The number of hydrogen-bond donors (Lipinski definition) is 1. The van der Waals surface area contributed by atoms with Crippen molar-refractivity contribution in [2.75, 3.05) is 7.05 Å². The molecular weight excluding hydrogens is 416 g/mol. The molecule has 5 heterocycles. The Bertz CT molecular complexity index is 1210. The third kappa shape index (κ3) is 2.56. The van der Waals surface area contributed by atoms with Gasteiger partial charge in [0.15, 0.2) is 5.84 Å². The van der Waals surface area contributed by atoms with Gasteiger partial charge in [-0.3, -0.25) is 14.4 Å². The van der Waals surface area contributed by atoms with Crippen molar-refractivity contribution in [2.45, 2.75) is 50.9 Å². The number of nitrogens with two attached hydrogens (primary N) is 1. The Morgan fingerprint density at radius 1 is 1.26 bits per heavy atom. The summed E-state index contributed by atoms with van der Waals surface area (Å²) < 4.78 is 1.84. The van der Waals surface area contributed by atoms with E-state index in [1.165, 1.54) is 0 Å². The average molecular weight is 439 g/mol. The largest absolute Gasteiger partial charge is 0.335 e. The number of hydrogen-bond acceptors (Lipinski definition) is 7. The molecule has 6 rings (SSSR count). The molecule has 4 atom stereocenters. The predicted octanol–water partition coefficient (Wildman–Crippen LogP) is 1.83. The van der Waals surface area contributed by atoms with Crippen molar-refractivity contribution in [1.82, 2.24) is 19.6 Å². The first-order valence-electron chi connectivity index (χ1n) is 10.7. The highest BCUT2D eigenvalue weighted by Crippen LogP contribution is 2.39. The number of fused-ring (bicyclic) bond motifs is 4. The van der Waals surface area contributed by atoms with Crippen LogP contribution in [0.5, 0.6) is 0 Å². The van der Waals surface area contributed by atoms with E-state index in [9.17, 15) is 4.79 Å². The Hall–Kier alpha value is -2.78. The number of carbonyl (C=O) groups excluding carboxylic acids is 1. The second-order valence-corrected chi connectivity index (χ2v) is 9.01. The zero-order chi connectivity index (χ0) is 21.4. The van der Waals surface area contributed by atoms with Gasteiger partial charge in [0, 0.05) is 48.9 Å². The van der Waals surface area contributed by atoms with Gasteiger partial charge >= 0.3 is 0 Å². The number of halogens is 1. The molecule has 2 saturated heterocycles. The molecule has 10 heteroatoms. The van der Waals surface area contributed by atoms with E-state index in [0.29, 0.717) is 34.1 Å². The van der Waals surface area contributed by atoms with Gasteiger partial charge in [0.2, 0.25) is 11.9 Å². The smallest absolute Gasteiger partial charge is 0.246 e. The van der Waals surface area contributed by atoms with Crippen LogP contribution in [0.25, 0.3) is 10.9 Å². The standard InChI is InChI=1S/C21H23ClN8O/c1-3-29-9-12-14(27-29)6-5-11(17(12)22)18-16-19(26-25-18)24-21(28(2)20(16)31)30-10-4-7-15(30)13(23)8-10/h5-6,9-10,13,15-16H,3-4,7-8,23H2,1-2H3/t10-,13+,15+,16?/m0/s1. The van der Waals surface area contributed by atoms with Crippen LogP contribution < -0.4 is 5.73 Å². The monoisotopic (exact) mass is 438 g/mol. The highest BCUT2D eigenvalue weighted by molar-refractivity contribution is 6.42. The summed E-state index contributed by atoms with van der Waals surface area (Å²) in [6.07, 6.45) is 4.96. The van der Waals surface area contributed by atoms with E-state index in [-0.39, 0.29) is 18.0 Å². The maximum absolute atomic E-state index is 13.5. The fourth-order valence-corrected chi connectivity index (χ4v) is 5.69. The first-order chi connectivity index (χ1) is 15.0. The van der Waals surface area contributed by atoms with E-state index in [4.69, 9.17) is 22.3 Å². The van der Waals surface area contributed by atoms with Gasteiger partial charge in [0.1, 0.15) is 5.92 Å². The van der Waals surface area contributed by atoms with Crippen LogP contribution in [0.15, 0.2) is 33.5 Å². The van der Waals surface area contributed by atoms with Gasteiger partial charge in [0.25, 0.3) is 0 Å². The predicted molar refractivity (Wildman–Crippen MR) is 119 cm³/mol. The van der Waals surface area contributed by atoms with E-state index < -0.39 is 5.92 Å². The third-order valence-corrected chi connectivity index (χ3v) is 7.38. The first kappa shape index (κ1) is 18.9. The van der Waals surface area contributed by atoms with E-state index in [1.54, 1.807) is 11.9 Å². The topological polar surface area (TPSA) is 104 Å². The minimum absolute atomic E-state index is 0.0970. The number of rotatable bonds is 2.